The van der Waals surface area contributed by atoms with E-state index in [4.69, 9.17) is 0 Å². The first kappa shape index (κ1) is 15.5. The van der Waals surface area contributed by atoms with Crippen molar-refractivity contribution in [2.75, 3.05) is 20.1 Å². The van der Waals surface area contributed by atoms with Crippen molar-refractivity contribution in [2.45, 2.75) is 18.9 Å². The van der Waals surface area contributed by atoms with Gasteiger partial charge in [-0.25, -0.2) is 0 Å². The van der Waals surface area contributed by atoms with E-state index in [0.717, 1.165) is 25.9 Å². The Morgan fingerprint density at radius 2 is 1.91 bits per heavy atom. The first-order valence-electron chi connectivity index (χ1n) is 7.94. The SMILES string of the molecule is CNCC1CCCN1C(=O)c1ccc(C(=O)c2cc[nH]c2)cc1. The molecule has 2 heterocycles. The molecule has 3 rings (SSSR count). The number of likely N-dealkylation sites (tertiary alicyclic amines) is 1. The van der Waals surface area contributed by atoms with E-state index >= 15 is 0 Å². The molecule has 0 bridgehead atoms. The Balaban J connectivity index is 1.74. The van der Waals surface area contributed by atoms with E-state index in [-0.39, 0.29) is 17.7 Å². The lowest BCUT2D eigenvalue weighted by molar-refractivity contribution is 0.0736. The minimum absolute atomic E-state index is 0.0421. The number of aromatic nitrogens is 1. The normalized spacial score (nSPS) is 17.4. The number of carbonyl (C=O) groups excluding carboxylic acids is 2. The Bertz CT molecular complexity index is 677. The first-order valence-corrected chi connectivity index (χ1v) is 7.94. The van der Waals surface area contributed by atoms with Crippen LogP contribution >= 0.6 is 0 Å². The molecule has 0 saturated carbocycles. The van der Waals surface area contributed by atoms with Gasteiger partial charge in [0.25, 0.3) is 5.91 Å². The molecular formula is C18H21N3O2. The number of ketones is 1. The van der Waals surface area contributed by atoms with Crippen LogP contribution in [0.1, 0.15) is 39.1 Å². The average Bonchev–Trinajstić information content (AvgIpc) is 3.26. The molecule has 0 spiro atoms. The van der Waals surface area contributed by atoms with Crippen LogP contribution in [-0.2, 0) is 0 Å². The highest BCUT2D eigenvalue weighted by Crippen LogP contribution is 2.20. The fourth-order valence-electron chi connectivity index (χ4n) is 3.11. The lowest BCUT2D eigenvalue weighted by Crippen LogP contribution is -2.40. The summed E-state index contributed by atoms with van der Waals surface area (Å²) in [7, 11) is 1.91. The van der Waals surface area contributed by atoms with Crippen molar-refractivity contribution in [3.05, 3.63) is 59.4 Å². The van der Waals surface area contributed by atoms with E-state index in [9.17, 15) is 9.59 Å². The second kappa shape index (κ2) is 6.79. The number of hydrogen-bond donors (Lipinski definition) is 2. The highest BCUT2D eigenvalue weighted by Gasteiger charge is 2.28. The van der Waals surface area contributed by atoms with E-state index in [1.807, 2.05) is 11.9 Å². The zero-order valence-electron chi connectivity index (χ0n) is 13.2. The Kier molecular flexibility index (Phi) is 4.57. The summed E-state index contributed by atoms with van der Waals surface area (Å²) in [6.07, 6.45) is 5.48. The van der Waals surface area contributed by atoms with Gasteiger partial charge in [0.2, 0.25) is 0 Å². The van der Waals surface area contributed by atoms with Gasteiger partial charge in [0.05, 0.1) is 0 Å². The summed E-state index contributed by atoms with van der Waals surface area (Å²) < 4.78 is 0. The number of hydrogen-bond acceptors (Lipinski definition) is 3. The summed E-state index contributed by atoms with van der Waals surface area (Å²) in [5.41, 5.74) is 1.85. The molecule has 1 aliphatic heterocycles. The lowest BCUT2D eigenvalue weighted by atomic mass is 10.0. The second-order valence-corrected chi connectivity index (χ2v) is 5.86. The van der Waals surface area contributed by atoms with Gasteiger partial charge in [0.1, 0.15) is 0 Å². The van der Waals surface area contributed by atoms with Crippen LogP contribution in [0.5, 0.6) is 0 Å². The first-order chi connectivity index (χ1) is 11.2. The molecular weight excluding hydrogens is 290 g/mol. The van der Waals surface area contributed by atoms with E-state index < -0.39 is 0 Å². The highest BCUT2D eigenvalue weighted by atomic mass is 16.2. The maximum absolute atomic E-state index is 12.7. The molecule has 1 aromatic heterocycles. The minimum Gasteiger partial charge on any atom is -0.367 e. The van der Waals surface area contributed by atoms with Crippen molar-refractivity contribution in [2.24, 2.45) is 0 Å². The lowest BCUT2D eigenvalue weighted by Gasteiger charge is -2.24. The van der Waals surface area contributed by atoms with Gasteiger partial charge in [-0.1, -0.05) is 12.1 Å². The number of benzene rings is 1. The minimum atomic E-state index is -0.0421. The fraction of sp³-hybridized carbons (Fsp3) is 0.333. The Labute approximate surface area is 135 Å². The molecule has 1 amide bonds. The summed E-state index contributed by atoms with van der Waals surface area (Å²) in [4.78, 5) is 29.7. The van der Waals surface area contributed by atoms with Crippen molar-refractivity contribution in [3.8, 4) is 0 Å². The number of amides is 1. The quantitative estimate of drug-likeness (QED) is 0.831. The maximum Gasteiger partial charge on any atom is 0.254 e. The molecule has 1 aromatic carbocycles. The van der Waals surface area contributed by atoms with Crippen molar-refractivity contribution in [3.63, 3.8) is 0 Å². The third-order valence-corrected chi connectivity index (χ3v) is 4.33. The van der Waals surface area contributed by atoms with Crippen LogP contribution in [0.3, 0.4) is 0 Å². The summed E-state index contributed by atoms with van der Waals surface area (Å²) in [6, 6.07) is 8.95. The van der Waals surface area contributed by atoms with Gasteiger partial charge in [-0.2, -0.15) is 0 Å². The fourth-order valence-corrected chi connectivity index (χ4v) is 3.11. The predicted molar refractivity (Wildman–Crippen MR) is 88.7 cm³/mol. The number of aromatic amines is 1. The van der Waals surface area contributed by atoms with Crippen LogP contribution in [0.2, 0.25) is 0 Å². The van der Waals surface area contributed by atoms with Gasteiger partial charge >= 0.3 is 0 Å². The van der Waals surface area contributed by atoms with Crippen LogP contribution in [-0.4, -0.2) is 47.8 Å². The summed E-state index contributed by atoms with van der Waals surface area (Å²) in [6.45, 7) is 1.62. The molecule has 1 aliphatic rings. The number of nitrogens with zero attached hydrogens (tertiary/aromatic N) is 1. The van der Waals surface area contributed by atoms with Crippen molar-refractivity contribution < 1.29 is 9.59 Å². The molecule has 1 fully saturated rings. The van der Waals surface area contributed by atoms with Gasteiger partial charge in [0.15, 0.2) is 5.78 Å². The Morgan fingerprint density at radius 3 is 2.57 bits per heavy atom. The Hall–Kier alpha value is -2.40. The van der Waals surface area contributed by atoms with Crippen LogP contribution < -0.4 is 5.32 Å². The molecule has 120 valence electrons. The number of H-pyrrole nitrogens is 1. The molecule has 2 N–H and O–H groups in total. The van der Waals surface area contributed by atoms with Gasteiger partial charge in [-0.3, -0.25) is 9.59 Å². The molecule has 1 atom stereocenters. The second-order valence-electron chi connectivity index (χ2n) is 5.86. The highest BCUT2D eigenvalue weighted by molar-refractivity contribution is 6.09. The topological polar surface area (TPSA) is 65.2 Å². The molecule has 2 aromatic rings. The van der Waals surface area contributed by atoms with Crippen molar-refractivity contribution in [1.29, 1.82) is 0 Å². The van der Waals surface area contributed by atoms with Gasteiger partial charge in [-0.15, -0.1) is 0 Å². The molecule has 23 heavy (non-hydrogen) atoms. The van der Waals surface area contributed by atoms with Crippen LogP contribution in [0.4, 0.5) is 0 Å². The smallest absolute Gasteiger partial charge is 0.254 e. The third kappa shape index (κ3) is 3.19. The molecule has 0 aliphatic carbocycles. The largest absolute Gasteiger partial charge is 0.367 e. The maximum atomic E-state index is 12.7. The molecule has 5 nitrogen and oxygen atoms in total. The van der Waals surface area contributed by atoms with E-state index in [1.165, 1.54) is 0 Å². The molecule has 0 radical (unpaired) electrons. The standard InChI is InChI=1S/C18H21N3O2/c1-19-12-16-3-2-10-21(16)18(23)14-6-4-13(5-7-14)17(22)15-8-9-20-11-15/h4-9,11,16,19-20H,2-3,10,12H2,1H3. The molecule has 5 heteroatoms. The summed E-state index contributed by atoms with van der Waals surface area (Å²) in [5, 5.41) is 3.14. The van der Waals surface area contributed by atoms with Crippen molar-refractivity contribution >= 4 is 11.7 Å². The number of carbonyl (C=O) groups is 2. The number of nitrogens with one attached hydrogen (secondary N) is 2. The predicted octanol–water partition coefficient (Wildman–Crippen LogP) is 2.07. The van der Waals surface area contributed by atoms with Gasteiger partial charge in [-0.05, 0) is 38.1 Å². The third-order valence-electron chi connectivity index (χ3n) is 4.33. The van der Waals surface area contributed by atoms with Crippen LogP contribution in [0.25, 0.3) is 0 Å². The molecule has 1 unspecified atom stereocenters. The van der Waals surface area contributed by atoms with Gasteiger partial charge < -0.3 is 15.2 Å². The van der Waals surface area contributed by atoms with E-state index in [0.29, 0.717) is 16.7 Å². The average molecular weight is 311 g/mol. The van der Waals surface area contributed by atoms with E-state index in [2.05, 4.69) is 10.3 Å². The zero-order chi connectivity index (χ0) is 16.2. The molecule has 1 saturated heterocycles. The number of rotatable bonds is 5. The monoisotopic (exact) mass is 311 g/mol. The summed E-state index contributed by atoms with van der Waals surface area (Å²) >= 11 is 0. The summed E-state index contributed by atoms with van der Waals surface area (Å²) in [5.74, 6) is 0.00266. The van der Waals surface area contributed by atoms with Crippen LogP contribution in [0.15, 0.2) is 42.7 Å². The van der Waals surface area contributed by atoms with Crippen molar-refractivity contribution in [1.82, 2.24) is 15.2 Å². The zero-order valence-corrected chi connectivity index (χ0v) is 13.2. The van der Waals surface area contributed by atoms with Gasteiger partial charge in [0, 0.05) is 48.2 Å². The van der Waals surface area contributed by atoms with Crippen LogP contribution in [0, 0.1) is 0 Å². The number of likely N-dealkylation sites (N-methyl/N-ethyl adjacent to an activating group) is 1. The van der Waals surface area contributed by atoms with E-state index in [1.54, 1.807) is 42.7 Å². The Morgan fingerprint density at radius 1 is 1.17 bits per heavy atom.